The summed E-state index contributed by atoms with van der Waals surface area (Å²) in [5.41, 5.74) is 0. The van der Waals surface area contributed by atoms with Gasteiger partial charge in [0.1, 0.15) is 0 Å². The normalized spacial score (nSPS) is 18.3. The molecule has 2 rings (SSSR count). The van der Waals surface area contributed by atoms with Crippen molar-refractivity contribution in [3.05, 3.63) is 21.3 Å². The number of rotatable bonds is 6. The zero-order valence-electron chi connectivity index (χ0n) is 11.1. The second-order valence-electron chi connectivity index (χ2n) is 5.06. The second kappa shape index (κ2) is 7.49. The molecule has 1 saturated heterocycles. The molecule has 18 heavy (non-hydrogen) atoms. The molecule has 0 bridgehead atoms. The summed E-state index contributed by atoms with van der Waals surface area (Å²) in [5.74, 6) is 0. The van der Waals surface area contributed by atoms with Gasteiger partial charge in [0.2, 0.25) is 0 Å². The molecule has 0 saturated carbocycles. The minimum absolute atomic E-state index is 0.684. The molecular formula is C14H23ClN2S. The van der Waals surface area contributed by atoms with Crippen molar-refractivity contribution in [3.8, 4) is 0 Å². The topological polar surface area (TPSA) is 15.3 Å². The first kappa shape index (κ1) is 14.3. The summed E-state index contributed by atoms with van der Waals surface area (Å²) in [6, 6.07) is 4.79. The van der Waals surface area contributed by atoms with Gasteiger partial charge in [0, 0.05) is 17.5 Å². The molecule has 102 valence electrons. The van der Waals surface area contributed by atoms with Gasteiger partial charge in [-0.1, -0.05) is 24.9 Å². The molecule has 2 nitrogen and oxygen atoms in total. The van der Waals surface area contributed by atoms with Gasteiger partial charge in [-0.3, -0.25) is 0 Å². The smallest absolute Gasteiger partial charge is 0.0931 e. The molecule has 2 heterocycles. The number of likely N-dealkylation sites (tertiary alicyclic amines) is 1. The van der Waals surface area contributed by atoms with Gasteiger partial charge in [0.15, 0.2) is 0 Å². The summed E-state index contributed by atoms with van der Waals surface area (Å²) in [7, 11) is 0. The van der Waals surface area contributed by atoms with Crippen LogP contribution in [0.3, 0.4) is 0 Å². The van der Waals surface area contributed by atoms with Gasteiger partial charge in [-0.05, 0) is 51.0 Å². The predicted molar refractivity (Wildman–Crippen MR) is 80.5 cm³/mol. The molecule has 1 aromatic heterocycles. The standard InChI is InChI=1S/C14H23ClN2S/c1-2-3-8-17-9-6-12(7-10-17)16-11-13-4-5-14(15)18-13/h4-5,12,16H,2-3,6-11H2,1H3. The number of thiophene rings is 1. The Morgan fingerprint density at radius 1 is 1.39 bits per heavy atom. The highest BCUT2D eigenvalue weighted by atomic mass is 35.5. The van der Waals surface area contributed by atoms with E-state index in [0.717, 1.165) is 10.9 Å². The van der Waals surface area contributed by atoms with E-state index in [1.54, 1.807) is 11.3 Å². The zero-order valence-corrected chi connectivity index (χ0v) is 12.7. The molecule has 0 spiro atoms. The van der Waals surface area contributed by atoms with E-state index in [2.05, 4.69) is 23.2 Å². The number of piperidine rings is 1. The fraction of sp³-hybridized carbons (Fsp3) is 0.714. The van der Waals surface area contributed by atoms with Crippen molar-refractivity contribution < 1.29 is 0 Å². The lowest BCUT2D eigenvalue weighted by Gasteiger charge is -2.32. The van der Waals surface area contributed by atoms with E-state index in [1.165, 1.54) is 50.2 Å². The number of unbranched alkanes of at least 4 members (excludes halogenated alkanes) is 1. The Morgan fingerprint density at radius 3 is 2.78 bits per heavy atom. The van der Waals surface area contributed by atoms with Crippen molar-refractivity contribution in [2.24, 2.45) is 0 Å². The summed E-state index contributed by atoms with van der Waals surface area (Å²) in [6.45, 7) is 7.02. The molecule has 0 radical (unpaired) electrons. The Labute approximate surface area is 119 Å². The lowest BCUT2D eigenvalue weighted by atomic mass is 10.0. The summed E-state index contributed by atoms with van der Waals surface area (Å²) in [6.07, 6.45) is 5.20. The Kier molecular flexibility index (Phi) is 5.96. The van der Waals surface area contributed by atoms with Crippen LogP contribution >= 0.6 is 22.9 Å². The van der Waals surface area contributed by atoms with Crippen LogP contribution in [0.1, 0.15) is 37.5 Å². The summed E-state index contributed by atoms with van der Waals surface area (Å²) in [5, 5.41) is 3.65. The van der Waals surface area contributed by atoms with Gasteiger partial charge in [0.05, 0.1) is 4.34 Å². The van der Waals surface area contributed by atoms with Crippen LogP contribution in [0, 0.1) is 0 Å². The first-order valence-corrected chi connectivity index (χ1v) is 8.17. The fourth-order valence-corrected chi connectivity index (χ4v) is 3.47. The molecule has 1 N–H and O–H groups in total. The number of nitrogens with zero attached hydrogens (tertiary/aromatic N) is 1. The van der Waals surface area contributed by atoms with Gasteiger partial charge >= 0.3 is 0 Å². The van der Waals surface area contributed by atoms with Crippen molar-refractivity contribution in [2.45, 2.75) is 45.2 Å². The molecule has 1 aliphatic heterocycles. The lowest BCUT2D eigenvalue weighted by molar-refractivity contribution is 0.195. The molecule has 0 aliphatic carbocycles. The number of nitrogens with one attached hydrogen (secondary N) is 1. The number of hydrogen-bond donors (Lipinski definition) is 1. The quantitative estimate of drug-likeness (QED) is 0.857. The molecule has 0 unspecified atom stereocenters. The Balaban J connectivity index is 1.64. The van der Waals surface area contributed by atoms with Crippen LogP contribution in [-0.2, 0) is 6.54 Å². The van der Waals surface area contributed by atoms with Gasteiger partial charge < -0.3 is 10.2 Å². The predicted octanol–water partition coefficient (Wildman–Crippen LogP) is 3.76. The SMILES string of the molecule is CCCCN1CCC(NCc2ccc(Cl)s2)CC1. The van der Waals surface area contributed by atoms with Crippen LogP contribution in [-0.4, -0.2) is 30.6 Å². The maximum atomic E-state index is 5.93. The third-order valence-corrected chi connectivity index (χ3v) is 4.84. The summed E-state index contributed by atoms with van der Waals surface area (Å²) in [4.78, 5) is 3.94. The molecule has 0 amide bonds. The average Bonchev–Trinajstić information content (AvgIpc) is 2.81. The van der Waals surface area contributed by atoms with Crippen molar-refractivity contribution in [2.75, 3.05) is 19.6 Å². The maximum Gasteiger partial charge on any atom is 0.0931 e. The maximum absolute atomic E-state index is 5.93. The van der Waals surface area contributed by atoms with Crippen molar-refractivity contribution in [1.29, 1.82) is 0 Å². The lowest BCUT2D eigenvalue weighted by Crippen LogP contribution is -2.42. The van der Waals surface area contributed by atoms with E-state index in [1.807, 2.05) is 6.07 Å². The van der Waals surface area contributed by atoms with Crippen molar-refractivity contribution in [1.82, 2.24) is 10.2 Å². The minimum atomic E-state index is 0.684. The molecule has 0 atom stereocenters. The Bertz CT molecular complexity index is 345. The molecule has 1 aromatic rings. The molecule has 1 aliphatic rings. The van der Waals surface area contributed by atoms with Gasteiger partial charge in [-0.15, -0.1) is 11.3 Å². The summed E-state index contributed by atoms with van der Waals surface area (Å²) >= 11 is 7.61. The van der Waals surface area contributed by atoms with Crippen LogP contribution in [0.15, 0.2) is 12.1 Å². The van der Waals surface area contributed by atoms with Crippen LogP contribution in [0.5, 0.6) is 0 Å². The van der Waals surface area contributed by atoms with Gasteiger partial charge in [-0.25, -0.2) is 0 Å². The first-order chi connectivity index (χ1) is 8.78. The first-order valence-electron chi connectivity index (χ1n) is 6.98. The second-order valence-corrected chi connectivity index (χ2v) is 6.86. The zero-order chi connectivity index (χ0) is 12.8. The Hall–Kier alpha value is -0.0900. The molecule has 0 aromatic carbocycles. The van der Waals surface area contributed by atoms with Crippen LogP contribution in [0.4, 0.5) is 0 Å². The van der Waals surface area contributed by atoms with E-state index in [4.69, 9.17) is 11.6 Å². The van der Waals surface area contributed by atoms with Crippen LogP contribution in [0.25, 0.3) is 0 Å². The molecule has 4 heteroatoms. The third kappa shape index (κ3) is 4.54. The van der Waals surface area contributed by atoms with Crippen LogP contribution in [0.2, 0.25) is 4.34 Å². The monoisotopic (exact) mass is 286 g/mol. The molecular weight excluding hydrogens is 264 g/mol. The number of halogens is 1. The van der Waals surface area contributed by atoms with Crippen LogP contribution < -0.4 is 5.32 Å². The van der Waals surface area contributed by atoms with E-state index >= 15 is 0 Å². The van der Waals surface area contributed by atoms with E-state index < -0.39 is 0 Å². The molecule has 1 fully saturated rings. The Morgan fingerprint density at radius 2 is 2.17 bits per heavy atom. The van der Waals surface area contributed by atoms with E-state index in [-0.39, 0.29) is 0 Å². The van der Waals surface area contributed by atoms with Gasteiger partial charge in [-0.2, -0.15) is 0 Å². The average molecular weight is 287 g/mol. The summed E-state index contributed by atoms with van der Waals surface area (Å²) < 4.78 is 0.890. The van der Waals surface area contributed by atoms with E-state index in [9.17, 15) is 0 Å². The fourth-order valence-electron chi connectivity index (χ4n) is 2.43. The van der Waals surface area contributed by atoms with Crippen molar-refractivity contribution in [3.63, 3.8) is 0 Å². The van der Waals surface area contributed by atoms with Gasteiger partial charge in [0.25, 0.3) is 0 Å². The largest absolute Gasteiger partial charge is 0.309 e. The third-order valence-electron chi connectivity index (χ3n) is 3.61. The highest BCUT2D eigenvalue weighted by Crippen LogP contribution is 2.21. The van der Waals surface area contributed by atoms with Crippen molar-refractivity contribution >= 4 is 22.9 Å². The number of hydrogen-bond acceptors (Lipinski definition) is 3. The minimum Gasteiger partial charge on any atom is -0.309 e. The highest BCUT2D eigenvalue weighted by Gasteiger charge is 2.18. The highest BCUT2D eigenvalue weighted by molar-refractivity contribution is 7.16. The van der Waals surface area contributed by atoms with E-state index in [0.29, 0.717) is 6.04 Å².